The second-order valence-electron chi connectivity index (χ2n) is 6.73. The number of rotatable bonds is 2. The predicted octanol–water partition coefficient (Wildman–Crippen LogP) is 1.53. The monoisotopic (exact) mass is 370 g/mol. The average molecular weight is 370 g/mol. The predicted molar refractivity (Wildman–Crippen MR) is 101 cm³/mol. The summed E-state index contributed by atoms with van der Waals surface area (Å²) in [5, 5.41) is 6.11. The fourth-order valence-electron chi connectivity index (χ4n) is 3.35. The van der Waals surface area contributed by atoms with Crippen molar-refractivity contribution in [2.24, 2.45) is 19.2 Å². The number of fused-ring (bicyclic) bond motifs is 3. The molecular formula is C18H19FN6O2. The van der Waals surface area contributed by atoms with E-state index in [-0.39, 0.29) is 24.1 Å². The molecule has 1 aromatic carbocycles. The van der Waals surface area contributed by atoms with Crippen molar-refractivity contribution in [3.63, 3.8) is 0 Å². The summed E-state index contributed by atoms with van der Waals surface area (Å²) in [5.41, 5.74) is 0.967. The Kier molecular flexibility index (Phi) is 3.76. The van der Waals surface area contributed by atoms with E-state index in [0.717, 1.165) is 10.3 Å². The van der Waals surface area contributed by atoms with Crippen LogP contribution in [-0.4, -0.2) is 24.4 Å². The van der Waals surface area contributed by atoms with Crippen molar-refractivity contribution in [2.45, 2.75) is 26.4 Å². The van der Waals surface area contributed by atoms with E-state index in [9.17, 15) is 14.0 Å². The van der Waals surface area contributed by atoms with Crippen molar-refractivity contribution >= 4 is 22.8 Å². The minimum Gasteiger partial charge on any atom is -0.294 e. The van der Waals surface area contributed by atoms with Gasteiger partial charge < -0.3 is 0 Å². The molecule has 8 nitrogen and oxygen atoms in total. The fourth-order valence-corrected chi connectivity index (χ4v) is 3.35. The lowest BCUT2D eigenvalue weighted by Gasteiger charge is -2.29. The number of hydrogen-bond acceptors (Lipinski definition) is 5. The van der Waals surface area contributed by atoms with Crippen molar-refractivity contribution in [3.8, 4) is 0 Å². The van der Waals surface area contributed by atoms with Crippen LogP contribution in [0.5, 0.6) is 0 Å². The highest BCUT2D eigenvalue weighted by Crippen LogP contribution is 2.31. The van der Waals surface area contributed by atoms with Gasteiger partial charge in [0.15, 0.2) is 11.2 Å². The third-order valence-corrected chi connectivity index (χ3v) is 5.05. The zero-order valence-electron chi connectivity index (χ0n) is 15.5. The molecule has 140 valence electrons. The Morgan fingerprint density at radius 1 is 1.15 bits per heavy atom. The van der Waals surface area contributed by atoms with Crippen molar-refractivity contribution in [3.05, 3.63) is 56.5 Å². The first-order valence-corrected chi connectivity index (χ1v) is 8.55. The Hall–Kier alpha value is -3.23. The lowest BCUT2D eigenvalue weighted by molar-refractivity contribution is 0.591. The molecule has 27 heavy (non-hydrogen) atoms. The summed E-state index contributed by atoms with van der Waals surface area (Å²) >= 11 is 0. The van der Waals surface area contributed by atoms with Crippen LogP contribution in [0, 0.1) is 5.82 Å². The lowest BCUT2D eigenvalue weighted by Crippen LogP contribution is -2.38. The average Bonchev–Trinajstić information content (AvgIpc) is 3.05. The molecule has 0 saturated carbocycles. The Morgan fingerprint density at radius 2 is 1.85 bits per heavy atom. The Bertz CT molecular complexity index is 1220. The van der Waals surface area contributed by atoms with Crippen molar-refractivity contribution in [1.82, 2.24) is 18.7 Å². The van der Waals surface area contributed by atoms with E-state index in [4.69, 9.17) is 0 Å². The molecular weight excluding hydrogens is 351 g/mol. The summed E-state index contributed by atoms with van der Waals surface area (Å²) in [6.45, 7) is 3.92. The van der Waals surface area contributed by atoms with Gasteiger partial charge in [-0.05, 0) is 19.9 Å². The molecule has 1 aliphatic rings. The molecule has 0 fully saturated rings. The van der Waals surface area contributed by atoms with Crippen molar-refractivity contribution in [2.75, 3.05) is 5.01 Å². The molecule has 0 radical (unpaired) electrons. The van der Waals surface area contributed by atoms with Crippen molar-refractivity contribution in [1.29, 1.82) is 0 Å². The Balaban J connectivity index is 1.98. The van der Waals surface area contributed by atoms with Crippen LogP contribution in [0.3, 0.4) is 0 Å². The number of benzene rings is 1. The van der Waals surface area contributed by atoms with Gasteiger partial charge in [0.2, 0.25) is 5.95 Å². The number of hydrazone groups is 1. The third kappa shape index (κ3) is 2.42. The molecule has 0 aliphatic carbocycles. The second-order valence-corrected chi connectivity index (χ2v) is 6.73. The summed E-state index contributed by atoms with van der Waals surface area (Å²) < 4.78 is 18.3. The highest BCUT2D eigenvalue weighted by molar-refractivity contribution is 5.91. The molecule has 0 amide bonds. The zero-order valence-corrected chi connectivity index (χ0v) is 15.5. The molecule has 9 heteroatoms. The normalized spacial score (nSPS) is 16.6. The van der Waals surface area contributed by atoms with E-state index in [1.54, 1.807) is 34.8 Å². The van der Waals surface area contributed by atoms with E-state index in [1.807, 2.05) is 13.8 Å². The van der Waals surface area contributed by atoms with Gasteiger partial charge >= 0.3 is 5.69 Å². The number of aromatic nitrogens is 4. The number of hydrogen-bond donors (Lipinski definition) is 0. The van der Waals surface area contributed by atoms with E-state index < -0.39 is 11.2 Å². The number of anilines is 1. The van der Waals surface area contributed by atoms with Crippen LogP contribution in [0.2, 0.25) is 0 Å². The first kappa shape index (κ1) is 17.2. The van der Waals surface area contributed by atoms with Crippen LogP contribution in [0.25, 0.3) is 11.2 Å². The SMILES string of the molecule is CC1=NN(Cc2ccccc2F)c2nc3c(c(=O)n(C)c(=O)n3C)n2[C@@H]1C. The topological polar surface area (TPSA) is 77.4 Å². The van der Waals surface area contributed by atoms with Gasteiger partial charge in [-0.2, -0.15) is 10.1 Å². The molecule has 0 N–H and O–H groups in total. The van der Waals surface area contributed by atoms with Gasteiger partial charge in [-0.25, -0.2) is 14.2 Å². The number of aryl methyl sites for hydroxylation is 1. The number of imidazole rings is 1. The second kappa shape index (κ2) is 5.90. The number of nitrogens with zero attached hydrogens (tertiary/aromatic N) is 6. The molecule has 2 aromatic heterocycles. The van der Waals surface area contributed by atoms with E-state index in [1.165, 1.54) is 17.7 Å². The lowest BCUT2D eigenvalue weighted by atomic mass is 10.2. The first-order valence-electron chi connectivity index (χ1n) is 8.55. The van der Waals surface area contributed by atoms with Gasteiger partial charge in [0.25, 0.3) is 5.56 Å². The Labute approximate surface area is 153 Å². The minimum absolute atomic E-state index is 0.161. The van der Waals surface area contributed by atoms with E-state index in [2.05, 4.69) is 10.1 Å². The maximum atomic E-state index is 14.1. The summed E-state index contributed by atoms with van der Waals surface area (Å²) in [5.74, 6) is 0.0691. The van der Waals surface area contributed by atoms with Gasteiger partial charge in [-0.1, -0.05) is 18.2 Å². The van der Waals surface area contributed by atoms with Gasteiger partial charge in [-0.15, -0.1) is 0 Å². The molecule has 1 aliphatic heterocycles. The summed E-state index contributed by atoms with van der Waals surface area (Å²) in [4.78, 5) is 29.6. The summed E-state index contributed by atoms with van der Waals surface area (Å²) in [7, 11) is 3.01. The molecule has 3 aromatic rings. The molecule has 0 saturated heterocycles. The quantitative estimate of drug-likeness (QED) is 0.685. The maximum absolute atomic E-state index is 14.1. The summed E-state index contributed by atoms with van der Waals surface area (Å²) in [6, 6.07) is 6.23. The maximum Gasteiger partial charge on any atom is 0.332 e. The highest BCUT2D eigenvalue weighted by Gasteiger charge is 2.30. The van der Waals surface area contributed by atoms with Crippen LogP contribution in [-0.2, 0) is 20.6 Å². The van der Waals surface area contributed by atoms with Gasteiger partial charge in [0.1, 0.15) is 5.82 Å². The van der Waals surface area contributed by atoms with Crippen LogP contribution < -0.4 is 16.3 Å². The molecule has 0 spiro atoms. The van der Waals surface area contributed by atoms with Gasteiger partial charge in [0.05, 0.1) is 18.3 Å². The third-order valence-electron chi connectivity index (χ3n) is 5.05. The van der Waals surface area contributed by atoms with Crippen LogP contribution in [0.4, 0.5) is 10.3 Å². The van der Waals surface area contributed by atoms with E-state index in [0.29, 0.717) is 17.0 Å². The minimum atomic E-state index is -0.450. The van der Waals surface area contributed by atoms with Gasteiger partial charge in [-0.3, -0.25) is 18.5 Å². The van der Waals surface area contributed by atoms with Gasteiger partial charge in [0, 0.05) is 19.7 Å². The van der Waals surface area contributed by atoms with Crippen LogP contribution >= 0.6 is 0 Å². The van der Waals surface area contributed by atoms with Crippen molar-refractivity contribution < 1.29 is 4.39 Å². The zero-order chi connectivity index (χ0) is 19.5. The number of halogens is 1. The Morgan fingerprint density at radius 3 is 2.56 bits per heavy atom. The molecule has 3 heterocycles. The van der Waals surface area contributed by atoms with Crippen LogP contribution in [0.1, 0.15) is 25.5 Å². The molecule has 0 unspecified atom stereocenters. The van der Waals surface area contributed by atoms with Crippen LogP contribution in [0.15, 0.2) is 39.0 Å². The summed E-state index contributed by atoms with van der Waals surface area (Å²) in [6.07, 6.45) is 0. The fraction of sp³-hybridized carbons (Fsp3) is 0.333. The molecule has 0 bridgehead atoms. The standard InChI is InChI=1S/C18H19FN6O2/c1-10-11(2)25-14-15(22(3)18(27)23(4)16(14)26)20-17(25)24(21-10)9-12-7-5-6-8-13(12)19/h5-8,11H,9H2,1-4H3/t11-/m1/s1. The largest absolute Gasteiger partial charge is 0.332 e. The smallest absolute Gasteiger partial charge is 0.294 e. The highest BCUT2D eigenvalue weighted by atomic mass is 19.1. The molecule has 1 atom stereocenters. The molecule has 4 rings (SSSR count). The first-order chi connectivity index (χ1) is 12.8. The van der Waals surface area contributed by atoms with E-state index >= 15 is 0 Å².